The normalized spacial score (nSPS) is 9.82. The zero-order valence-corrected chi connectivity index (χ0v) is 13.2. The van der Waals surface area contributed by atoms with Crippen LogP contribution < -0.4 is 14.2 Å². The van der Waals surface area contributed by atoms with Gasteiger partial charge in [-0.25, -0.2) is 9.59 Å². The zero-order valence-electron chi connectivity index (χ0n) is 13.2. The number of carbonyl (C=O) groups is 2. The topological polar surface area (TPSA) is 71.1 Å². The summed E-state index contributed by atoms with van der Waals surface area (Å²) >= 11 is 0. The Bertz CT molecular complexity index is 551. The molecule has 0 N–H and O–H groups in total. The summed E-state index contributed by atoms with van der Waals surface area (Å²) in [4.78, 5) is 23.4. The van der Waals surface area contributed by atoms with E-state index < -0.39 is 11.9 Å². The lowest BCUT2D eigenvalue weighted by atomic mass is 10.2. The van der Waals surface area contributed by atoms with Crippen LogP contribution in [0.1, 0.15) is 30.6 Å². The second-order valence-electron chi connectivity index (χ2n) is 4.52. The predicted molar refractivity (Wildman–Crippen MR) is 80.6 cm³/mol. The van der Waals surface area contributed by atoms with E-state index in [4.69, 9.17) is 14.2 Å². The van der Waals surface area contributed by atoms with Gasteiger partial charge in [-0.1, -0.05) is 13.5 Å². The van der Waals surface area contributed by atoms with Crippen LogP contribution in [0, 0.1) is 0 Å². The highest BCUT2D eigenvalue weighted by molar-refractivity contribution is 6.02. The number of methoxy groups -OCH3 is 2. The van der Waals surface area contributed by atoms with Gasteiger partial charge in [0.25, 0.3) is 0 Å². The molecule has 0 amide bonds. The van der Waals surface area contributed by atoms with E-state index in [-0.39, 0.29) is 11.1 Å². The van der Waals surface area contributed by atoms with Gasteiger partial charge in [0, 0.05) is 5.57 Å². The minimum atomic E-state index is -0.813. The summed E-state index contributed by atoms with van der Waals surface area (Å²) < 4.78 is 20.7. The van der Waals surface area contributed by atoms with Crippen molar-refractivity contribution in [3.05, 3.63) is 29.8 Å². The van der Waals surface area contributed by atoms with Gasteiger partial charge >= 0.3 is 11.9 Å². The van der Waals surface area contributed by atoms with Gasteiger partial charge in [-0.05, 0) is 25.5 Å². The number of rotatable bonds is 7. The Hall–Kier alpha value is -2.50. The third-order valence-electron chi connectivity index (χ3n) is 2.68. The molecule has 0 heterocycles. The third-order valence-corrected chi connectivity index (χ3v) is 2.68. The van der Waals surface area contributed by atoms with Crippen molar-refractivity contribution in [3.63, 3.8) is 0 Å². The predicted octanol–water partition coefficient (Wildman–Crippen LogP) is 2.75. The second-order valence-corrected chi connectivity index (χ2v) is 4.52. The smallest absolute Gasteiger partial charge is 0.346 e. The first-order valence-electron chi connectivity index (χ1n) is 6.75. The van der Waals surface area contributed by atoms with Crippen molar-refractivity contribution in [1.82, 2.24) is 0 Å². The summed E-state index contributed by atoms with van der Waals surface area (Å²) in [5, 5.41) is 0. The highest BCUT2D eigenvalue weighted by Gasteiger charge is 2.20. The van der Waals surface area contributed by atoms with Crippen molar-refractivity contribution >= 4 is 11.9 Å². The fourth-order valence-electron chi connectivity index (χ4n) is 1.57. The van der Waals surface area contributed by atoms with Crippen LogP contribution in [0.15, 0.2) is 24.3 Å². The summed E-state index contributed by atoms with van der Waals surface area (Å²) in [5.41, 5.74) is 0.252. The monoisotopic (exact) mass is 308 g/mol. The van der Waals surface area contributed by atoms with Crippen molar-refractivity contribution < 1.29 is 28.5 Å². The highest BCUT2D eigenvalue weighted by Crippen LogP contribution is 2.38. The Kier molecular flexibility index (Phi) is 6.44. The lowest BCUT2D eigenvalue weighted by Crippen LogP contribution is -2.13. The lowest BCUT2D eigenvalue weighted by molar-refractivity contribution is -0.133. The van der Waals surface area contributed by atoms with Crippen molar-refractivity contribution in [2.24, 2.45) is 0 Å². The first-order chi connectivity index (χ1) is 10.4. The molecular formula is C16H20O6. The molecule has 22 heavy (non-hydrogen) atoms. The van der Waals surface area contributed by atoms with Crippen LogP contribution in [0.4, 0.5) is 0 Å². The standard InChI is InChI=1S/C16H20O6/c1-6-7-21-14-12(19-4)8-11(9-13(14)20-5)16(18)22-15(17)10(2)3/h8-9H,2,6-7H2,1,3-5H3. The number of ether oxygens (including phenoxy) is 4. The molecule has 0 aliphatic carbocycles. The van der Waals surface area contributed by atoms with Crippen molar-refractivity contribution in [1.29, 1.82) is 0 Å². The van der Waals surface area contributed by atoms with Crippen molar-refractivity contribution in [3.8, 4) is 17.2 Å². The van der Waals surface area contributed by atoms with Crippen LogP contribution in [-0.2, 0) is 9.53 Å². The summed E-state index contributed by atoms with van der Waals surface area (Å²) in [6.07, 6.45) is 0.809. The Morgan fingerprint density at radius 2 is 1.68 bits per heavy atom. The maximum absolute atomic E-state index is 12.0. The molecule has 0 fully saturated rings. The first-order valence-corrected chi connectivity index (χ1v) is 6.75. The van der Waals surface area contributed by atoms with E-state index in [2.05, 4.69) is 11.3 Å². The molecule has 120 valence electrons. The Labute approximate surface area is 129 Å². The molecule has 1 rings (SSSR count). The van der Waals surface area contributed by atoms with E-state index in [1.165, 1.54) is 33.3 Å². The van der Waals surface area contributed by atoms with E-state index in [0.29, 0.717) is 23.9 Å². The SMILES string of the molecule is C=C(C)C(=O)OC(=O)c1cc(OC)c(OCCC)c(OC)c1. The Balaban J connectivity index is 3.14. The third kappa shape index (κ3) is 4.25. The van der Waals surface area contributed by atoms with E-state index in [1.54, 1.807) is 0 Å². The molecule has 0 aromatic heterocycles. The van der Waals surface area contributed by atoms with Crippen LogP contribution >= 0.6 is 0 Å². The maximum atomic E-state index is 12.0. The Morgan fingerprint density at radius 3 is 2.09 bits per heavy atom. The van der Waals surface area contributed by atoms with Gasteiger partial charge in [-0.3, -0.25) is 0 Å². The lowest BCUT2D eigenvalue weighted by Gasteiger charge is -2.15. The number of carbonyl (C=O) groups excluding carboxylic acids is 2. The summed E-state index contributed by atoms with van der Waals surface area (Å²) in [6, 6.07) is 2.86. The molecule has 6 heteroatoms. The van der Waals surface area contributed by atoms with E-state index in [0.717, 1.165) is 6.42 Å². The fourth-order valence-corrected chi connectivity index (χ4v) is 1.57. The molecule has 0 saturated heterocycles. The van der Waals surface area contributed by atoms with Crippen LogP contribution in [0.3, 0.4) is 0 Å². The van der Waals surface area contributed by atoms with Gasteiger partial charge in [0.15, 0.2) is 11.5 Å². The number of esters is 2. The van der Waals surface area contributed by atoms with Crippen molar-refractivity contribution in [2.75, 3.05) is 20.8 Å². The second kappa shape index (κ2) is 8.07. The van der Waals surface area contributed by atoms with E-state index in [9.17, 15) is 9.59 Å². The van der Waals surface area contributed by atoms with Gasteiger partial charge in [0.2, 0.25) is 5.75 Å². The summed E-state index contributed by atoms with van der Waals surface area (Å²) in [5.74, 6) is -0.555. The molecule has 1 aromatic rings. The highest BCUT2D eigenvalue weighted by atomic mass is 16.6. The number of benzene rings is 1. The molecule has 0 bridgehead atoms. The largest absolute Gasteiger partial charge is 0.493 e. The molecule has 0 unspecified atom stereocenters. The summed E-state index contributed by atoms with van der Waals surface area (Å²) in [7, 11) is 2.89. The maximum Gasteiger partial charge on any atom is 0.346 e. The Morgan fingerprint density at radius 1 is 1.14 bits per heavy atom. The van der Waals surface area contributed by atoms with Gasteiger partial charge < -0.3 is 18.9 Å². The average molecular weight is 308 g/mol. The molecule has 1 aromatic carbocycles. The molecular weight excluding hydrogens is 288 g/mol. The molecule has 0 spiro atoms. The van der Waals surface area contributed by atoms with Gasteiger partial charge in [-0.2, -0.15) is 0 Å². The molecule has 0 saturated carbocycles. The zero-order chi connectivity index (χ0) is 16.7. The molecule has 0 radical (unpaired) electrons. The molecule has 0 aliphatic heterocycles. The molecule has 0 atom stereocenters. The quantitative estimate of drug-likeness (QED) is 0.438. The van der Waals surface area contributed by atoms with E-state index in [1.807, 2.05) is 6.92 Å². The van der Waals surface area contributed by atoms with Gasteiger partial charge in [0.1, 0.15) is 0 Å². The first kappa shape index (κ1) is 17.6. The van der Waals surface area contributed by atoms with Crippen LogP contribution in [0.5, 0.6) is 17.2 Å². The van der Waals surface area contributed by atoms with Crippen LogP contribution in [0.25, 0.3) is 0 Å². The summed E-state index contributed by atoms with van der Waals surface area (Å²) in [6.45, 7) is 7.32. The van der Waals surface area contributed by atoms with Crippen LogP contribution in [0.2, 0.25) is 0 Å². The average Bonchev–Trinajstić information content (AvgIpc) is 2.51. The molecule has 0 aliphatic rings. The number of hydrogen-bond donors (Lipinski definition) is 0. The van der Waals surface area contributed by atoms with Gasteiger partial charge in [0.05, 0.1) is 26.4 Å². The molecule has 6 nitrogen and oxygen atoms in total. The number of hydrogen-bond acceptors (Lipinski definition) is 6. The minimum Gasteiger partial charge on any atom is -0.493 e. The van der Waals surface area contributed by atoms with Gasteiger partial charge in [-0.15, -0.1) is 0 Å². The fraction of sp³-hybridized carbons (Fsp3) is 0.375. The minimum absolute atomic E-state index is 0.118. The van der Waals surface area contributed by atoms with E-state index >= 15 is 0 Å². The van der Waals surface area contributed by atoms with Crippen molar-refractivity contribution in [2.45, 2.75) is 20.3 Å². The van der Waals surface area contributed by atoms with Crippen LogP contribution in [-0.4, -0.2) is 32.8 Å².